The Hall–Kier alpha value is -2.11. The predicted molar refractivity (Wildman–Crippen MR) is 51.8 cm³/mol. The summed E-state index contributed by atoms with van der Waals surface area (Å²) in [6.07, 6.45) is 1.26. The molecule has 0 atom stereocenters. The topological polar surface area (TPSA) is 99.3 Å². The largest absolute Gasteiger partial charge is 0.480 e. The molecular formula is C9H10N2O4. The van der Waals surface area contributed by atoms with Crippen LogP contribution in [0.25, 0.3) is 0 Å². The van der Waals surface area contributed by atoms with Crippen LogP contribution in [0, 0.1) is 6.92 Å². The number of hydrogen-bond acceptors (Lipinski definition) is 3. The van der Waals surface area contributed by atoms with Crippen molar-refractivity contribution >= 4 is 11.9 Å². The van der Waals surface area contributed by atoms with E-state index in [-0.39, 0.29) is 5.56 Å². The lowest BCUT2D eigenvalue weighted by Crippen LogP contribution is -2.32. The maximum atomic E-state index is 11.3. The summed E-state index contributed by atoms with van der Waals surface area (Å²) in [5, 5.41) is 10.4. The molecule has 0 bridgehead atoms. The molecule has 1 aromatic rings. The number of nitrogens with one attached hydrogen (secondary N) is 2. The Morgan fingerprint density at radius 1 is 1.53 bits per heavy atom. The zero-order chi connectivity index (χ0) is 11.4. The molecule has 0 aliphatic rings. The van der Waals surface area contributed by atoms with Crippen molar-refractivity contribution in [3.8, 4) is 0 Å². The van der Waals surface area contributed by atoms with Crippen molar-refractivity contribution in [1.29, 1.82) is 0 Å². The standard InChI is InChI=1S/C9H10N2O4/c1-5-2-7(12)6(3-10-5)9(15)11-4-8(13)14/h2-3H,4H2,1H3,(H,10,12)(H,11,15)(H,13,14). The quantitative estimate of drug-likeness (QED) is 0.626. The maximum Gasteiger partial charge on any atom is 0.322 e. The van der Waals surface area contributed by atoms with E-state index in [2.05, 4.69) is 10.3 Å². The fraction of sp³-hybridized carbons (Fsp3) is 0.222. The first-order chi connectivity index (χ1) is 7.00. The van der Waals surface area contributed by atoms with Gasteiger partial charge in [0, 0.05) is 18.0 Å². The van der Waals surface area contributed by atoms with Gasteiger partial charge in [0.05, 0.1) is 0 Å². The molecule has 1 rings (SSSR count). The molecule has 80 valence electrons. The van der Waals surface area contributed by atoms with Gasteiger partial charge in [-0.05, 0) is 6.92 Å². The molecule has 6 nitrogen and oxygen atoms in total. The van der Waals surface area contributed by atoms with E-state index in [0.717, 1.165) is 0 Å². The first-order valence-corrected chi connectivity index (χ1v) is 4.20. The molecule has 0 spiro atoms. The Bertz CT molecular complexity index is 450. The fourth-order valence-corrected chi connectivity index (χ4v) is 1.00. The van der Waals surface area contributed by atoms with Crippen LogP contribution in [-0.2, 0) is 4.79 Å². The number of amides is 1. The molecule has 0 aliphatic carbocycles. The number of aliphatic carboxylic acids is 1. The van der Waals surface area contributed by atoms with Crippen LogP contribution in [0.1, 0.15) is 16.1 Å². The number of aromatic nitrogens is 1. The average molecular weight is 210 g/mol. The number of carbonyl (C=O) groups excluding carboxylic acids is 1. The minimum atomic E-state index is -1.16. The van der Waals surface area contributed by atoms with Gasteiger partial charge in [0.15, 0.2) is 5.43 Å². The van der Waals surface area contributed by atoms with E-state index in [0.29, 0.717) is 5.69 Å². The maximum absolute atomic E-state index is 11.3. The third kappa shape index (κ3) is 2.94. The molecule has 0 saturated heterocycles. The Balaban J connectivity index is 2.83. The summed E-state index contributed by atoms with van der Waals surface area (Å²) in [7, 11) is 0. The second-order valence-electron chi connectivity index (χ2n) is 2.97. The Morgan fingerprint density at radius 2 is 2.20 bits per heavy atom. The van der Waals surface area contributed by atoms with E-state index in [1.54, 1.807) is 6.92 Å². The molecule has 0 aliphatic heterocycles. The zero-order valence-corrected chi connectivity index (χ0v) is 8.03. The highest BCUT2D eigenvalue weighted by molar-refractivity contribution is 5.95. The predicted octanol–water partition coefficient (Wildman–Crippen LogP) is -0.502. The molecule has 1 amide bonds. The van der Waals surface area contributed by atoms with Crippen LogP contribution in [-0.4, -0.2) is 28.5 Å². The normalized spacial score (nSPS) is 9.67. The van der Waals surface area contributed by atoms with Crippen molar-refractivity contribution in [3.63, 3.8) is 0 Å². The number of carboxylic acids is 1. The fourth-order valence-electron chi connectivity index (χ4n) is 1.00. The number of pyridine rings is 1. The molecule has 15 heavy (non-hydrogen) atoms. The number of carboxylic acid groups (broad SMARTS) is 1. The number of aromatic amines is 1. The number of hydrogen-bond donors (Lipinski definition) is 3. The molecule has 0 aromatic carbocycles. The monoisotopic (exact) mass is 210 g/mol. The summed E-state index contributed by atoms with van der Waals surface area (Å²) in [6.45, 7) is 1.17. The Labute approximate surface area is 84.9 Å². The van der Waals surface area contributed by atoms with Gasteiger partial charge < -0.3 is 15.4 Å². The van der Waals surface area contributed by atoms with Crippen LogP contribution in [0.5, 0.6) is 0 Å². The molecular weight excluding hydrogens is 200 g/mol. The molecule has 1 aromatic heterocycles. The molecule has 6 heteroatoms. The number of rotatable bonds is 3. The summed E-state index contributed by atoms with van der Waals surface area (Å²) in [5.74, 6) is -1.86. The van der Waals surface area contributed by atoms with Crippen LogP contribution in [0.3, 0.4) is 0 Å². The van der Waals surface area contributed by atoms with Gasteiger partial charge >= 0.3 is 5.97 Å². The van der Waals surface area contributed by atoms with Gasteiger partial charge in [-0.15, -0.1) is 0 Å². The lowest BCUT2D eigenvalue weighted by atomic mass is 10.2. The van der Waals surface area contributed by atoms with Gasteiger partial charge in [-0.25, -0.2) is 0 Å². The highest BCUT2D eigenvalue weighted by atomic mass is 16.4. The average Bonchev–Trinajstić information content (AvgIpc) is 2.14. The molecule has 3 N–H and O–H groups in total. The lowest BCUT2D eigenvalue weighted by molar-refractivity contribution is -0.135. The first kappa shape index (κ1) is 11.0. The molecule has 0 unspecified atom stereocenters. The van der Waals surface area contributed by atoms with Crippen molar-refractivity contribution in [3.05, 3.63) is 33.7 Å². The zero-order valence-electron chi connectivity index (χ0n) is 8.03. The van der Waals surface area contributed by atoms with Crippen molar-refractivity contribution in [2.24, 2.45) is 0 Å². The van der Waals surface area contributed by atoms with Crippen molar-refractivity contribution < 1.29 is 14.7 Å². The minimum Gasteiger partial charge on any atom is -0.480 e. The van der Waals surface area contributed by atoms with Crippen LogP contribution in [0.15, 0.2) is 17.1 Å². The number of carbonyl (C=O) groups is 2. The Kier molecular flexibility index (Phi) is 3.22. The van der Waals surface area contributed by atoms with Crippen LogP contribution in [0.4, 0.5) is 0 Å². The third-order valence-electron chi connectivity index (χ3n) is 1.70. The van der Waals surface area contributed by atoms with Gasteiger partial charge in [0.25, 0.3) is 5.91 Å². The SMILES string of the molecule is Cc1cc(=O)c(C(=O)NCC(=O)O)c[nH]1. The third-order valence-corrected chi connectivity index (χ3v) is 1.70. The Morgan fingerprint density at radius 3 is 2.73 bits per heavy atom. The summed E-state index contributed by atoms with van der Waals surface area (Å²) < 4.78 is 0. The van der Waals surface area contributed by atoms with Gasteiger partial charge in [0.1, 0.15) is 12.1 Å². The van der Waals surface area contributed by atoms with E-state index in [4.69, 9.17) is 5.11 Å². The van der Waals surface area contributed by atoms with Crippen molar-refractivity contribution in [2.75, 3.05) is 6.54 Å². The van der Waals surface area contributed by atoms with Crippen LogP contribution >= 0.6 is 0 Å². The van der Waals surface area contributed by atoms with E-state index < -0.39 is 23.9 Å². The van der Waals surface area contributed by atoms with E-state index in [1.807, 2.05) is 0 Å². The molecule has 0 radical (unpaired) electrons. The smallest absolute Gasteiger partial charge is 0.322 e. The van der Waals surface area contributed by atoms with Gasteiger partial charge in [0.2, 0.25) is 0 Å². The lowest BCUT2D eigenvalue weighted by Gasteiger charge is -2.01. The number of aryl methyl sites for hydroxylation is 1. The van der Waals surface area contributed by atoms with E-state index in [1.165, 1.54) is 12.3 Å². The second-order valence-corrected chi connectivity index (χ2v) is 2.97. The van der Waals surface area contributed by atoms with E-state index >= 15 is 0 Å². The summed E-state index contributed by atoms with van der Waals surface area (Å²) in [5.41, 5.74) is 0.103. The van der Waals surface area contributed by atoms with Gasteiger partial charge in [-0.3, -0.25) is 14.4 Å². The van der Waals surface area contributed by atoms with Crippen molar-refractivity contribution in [1.82, 2.24) is 10.3 Å². The summed E-state index contributed by atoms with van der Waals surface area (Å²) >= 11 is 0. The molecule has 0 fully saturated rings. The number of H-pyrrole nitrogens is 1. The van der Waals surface area contributed by atoms with Crippen LogP contribution in [0.2, 0.25) is 0 Å². The molecule has 1 heterocycles. The van der Waals surface area contributed by atoms with Gasteiger partial charge in [-0.2, -0.15) is 0 Å². The van der Waals surface area contributed by atoms with Gasteiger partial charge in [-0.1, -0.05) is 0 Å². The first-order valence-electron chi connectivity index (χ1n) is 4.20. The summed E-state index contributed by atoms with van der Waals surface area (Å²) in [4.78, 5) is 35.5. The highest BCUT2D eigenvalue weighted by Crippen LogP contribution is 1.91. The molecule has 0 saturated carbocycles. The summed E-state index contributed by atoms with van der Waals surface area (Å²) in [6, 6.07) is 1.27. The minimum absolute atomic E-state index is 0.0955. The second kappa shape index (κ2) is 4.41. The highest BCUT2D eigenvalue weighted by Gasteiger charge is 2.10. The van der Waals surface area contributed by atoms with Crippen LogP contribution < -0.4 is 10.7 Å². The van der Waals surface area contributed by atoms with E-state index in [9.17, 15) is 14.4 Å². The van der Waals surface area contributed by atoms with Crippen molar-refractivity contribution in [2.45, 2.75) is 6.92 Å².